The predicted molar refractivity (Wildman–Crippen MR) is 123 cm³/mol. The fourth-order valence-electron chi connectivity index (χ4n) is 3.19. The minimum Gasteiger partial charge on any atom is -0.494 e. The van der Waals surface area contributed by atoms with E-state index in [1.54, 1.807) is 42.5 Å². The number of sulfonamides is 1. The summed E-state index contributed by atoms with van der Waals surface area (Å²) < 4.78 is 46.2. The van der Waals surface area contributed by atoms with Crippen LogP contribution in [0.1, 0.15) is 5.56 Å². The maximum atomic E-state index is 12.9. The number of nitrogens with zero attached hydrogens (tertiary/aromatic N) is 4. The first kappa shape index (κ1) is 22.6. The van der Waals surface area contributed by atoms with Crippen molar-refractivity contribution in [2.24, 2.45) is 0 Å². The largest absolute Gasteiger partial charge is 0.494 e. The van der Waals surface area contributed by atoms with Gasteiger partial charge in [-0.3, -0.25) is 9.29 Å². The van der Waals surface area contributed by atoms with Gasteiger partial charge in [-0.05, 0) is 36.2 Å². The highest BCUT2D eigenvalue weighted by atomic mass is 35.5. The van der Waals surface area contributed by atoms with Gasteiger partial charge in [0, 0.05) is 5.02 Å². The number of halogens is 1. The van der Waals surface area contributed by atoms with Crippen LogP contribution in [0.5, 0.6) is 11.5 Å². The van der Waals surface area contributed by atoms with E-state index in [2.05, 4.69) is 19.9 Å². The predicted octanol–water partition coefficient (Wildman–Crippen LogP) is 3.58. The van der Waals surface area contributed by atoms with Crippen LogP contribution >= 0.6 is 11.6 Å². The quantitative estimate of drug-likeness (QED) is 0.378. The zero-order valence-corrected chi connectivity index (χ0v) is 19.3. The van der Waals surface area contributed by atoms with E-state index in [0.29, 0.717) is 22.2 Å². The summed E-state index contributed by atoms with van der Waals surface area (Å²) in [5.41, 5.74) is 1.23. The molecular weight excluding hydrogens is 470 g/mol. The molecule has 2 heterocycles. The van der Waals surface area contributed by atoms with Gasteiger partial charge in [0.05, 0.1) is 26.2 Å². The molecule has 2 aromatic carbocycles. The molecule has 0 aliphatic heterocycles. The molecule has 1 N–H and O–H groups in total. The van der Waals surface area contributed by atoms with Crippen molar-refractivity contribution in [3.05, 3.63) is 65.6 Å². The van der Waals surface area contributed by atoms with Gasteiger partial charge in [-0.1, -0.05) is 29.8 Å². The third-order valence-electron chi connectivity index (χ3n) is 4.76. The fraction of sp³-hybridized carbons (Fsp3) is 0.190. The van der Waals surface area contributed by atoms with Gasteiger partial charge in [0.15, 0.2) is 12.2 Å². The topological polar surface area (TPSA) is 121 Å². The highest BCUT2D eigenvalue weighted by Gasteiger charge is 2.26. The van der Waals surface area contributed by atoms with Crippen molar-refractivity contribution in [3.8, 4) is 28.8 Å². The van der Waals surface area contributed by atoms with Crippen LogP contribution in [0.25, 0.3) is 17.3 Å². The Balaban J connectivity index is 1.73. The molecule has 4 aromatic rings. The number of hydrogen-bond donors (Lipinski definition) is 1. The molecule has 0 aliphatic carbocycles. The molecule has 4 rings (SSSR count). The van der Waals surface area contributed by atoms with Gasteiger partial charge < -0.3 is 13.9 Å². The number of hydrogen-bond acceptors (Lipinski definition) is 8. The second-order valence-corrected chi connectivity index (χ2v) is 9.14. The molecule has 12 heteroatoms. The number of para-hydroxylation sites is 1. The molecular formula is C21H20ClN5O5S. The minimum absolute atomic E-state index is 0.0553. The Labute approximate surface area is 195 Å². The van der Waals surface area contributed by atoms with Crippen molar-refractivity contribution in [1.29, 1.82) is 0 Å². The van der Waals surface area contributed by atoms with E-state index in [1.807, 2.05) is 0 Å². The summed E-state index contributed by atoms with van der Waals surface area (Å²) in [5.74, 6) is 1.09. The molecule has 0 saturated carbocycles. The highest BCUT2D eigenvalue weighted by Crippen LogP contribution is 2.37. The Bertz CT molecular complexity index is 1320. The number of ether oxygens (including phenoxy) is 2. The smallest absolute Gasteiger partial charge is 0.243 e. The summed E-state index contributed by atoms with van der Waals surface area (Å²) in [6.45, 7) is 0. The summed E-state index contributed by atoms with van der Waals surface area (Å²) in [6, 6.07) is 12.2. The van der Waals surface area contributed by atoms with Crippen LogP contribution in [0.15, 0.2) is 59.5 Å². The Morgan fingerprint density at radius 2 is 1.76 bits per heavy atom. The van der Waals surface area contributed by atoms with Crippen molar-refractivity contribution in [2.45, 2.75) is 6.42 Å². The van der Waals surface area contributed by atoms with Crippen LogP contribution in [-0.4, -0.2) is 48.1 Å². The molecule has 2 aromatic heterocycles. The molecule has 172 valence electrons. The fourth-order valence-corrected chi connectivity index (χ4v) is 4.34. The van der Waals surface area contributed by atoms with E-state index in [-0.39, 0.29) is 29.7 Å². The summed E-state index contributed by atoms with van der Waals surface area (Å²) in [7, 11) is -0.817. The van der Waals surface area contributed by atoms with E-state index < -0.39 is 10.0 Å². The first-order chi connectivity index (χ1) is 15.9. The second-order valence-electron chi connectivity index (χ2n) is 6.86. The van der Waals surface area contributed by atoms with Crippen molar-refractivity contribution in [1.82, 2.24) is 19.7 Å². The number of anilines is 1. The third kappa shape index (κ3) is 4.94. The number of nitrogens with one attached hydrogen (secondary N) is 1. The molecule has 0 unspecified atom stereocenters. The molecule has 0 amide bonds. The molecule has 0 atom stereocenters. The van der Waals surface area contributed by atoms with Crippen molar-refractivity contribution < 1.29 is 22.3 Å². The van der Waals surface area contributed by atoms with E-state index in [9.17, 15) is 8.42 Å². The lowest BCUT2D eigenvalue weighted by molar-refractivity contribution is 0.391. The van der Waals surface area contributed by atoms with Crippen LogP contribution in [0.3, 0.4) is 0 Å². The number of aromatic nitrogens is 4. The average molecular weight is 490 g/mol. The van der Waals surface area contributed by atoms with Gasteiger partial charge in [0.1, 0.15) is 17.2 Å². The number of oxazole rings is 1. The zero-order chi connectivity index (χ0) is 23.4. The van der Waals surface area contributed by atoms with Gasteiger partial charge in [-0.15, -0.1) is 10.2 Å². The van der Waals surface area contributed by atoms with Gasteiger partial charge >= 0.3 is 0 Å². The van der Waals surface area contributed by atoms with Gasteiger partial charge in [-0.2, -0.15) is 0 Å². The highest BCUT2D eigenvalue weighted by molar-refractivity contribution is 7.92. The number of benzene rings is 2. The number of methoxy groups -OCH3 is 2. The lowest BCUT2D eigenvalue weighted by Crippen LogP contribution is -2.21. The standard InChI is InChI=1S/C21H20ClN5O5S/c1-30-16-4-3-5-17(31-2)19(16)27-20(18-12-23-13-32-18)24-25-21(27)26-33(28,29)11-10-14-6-8-15(22)9-7-14/h3-9,12-13H,10-11H2,1-2H3,(H,25,26). The summed E-state index contributed by atoms with van der Waals surface area (Å²) in [5, 5.41) is 8.76. The van der Waals surface area contributed by atoms with Crippen LogP contribution < -0.4 is 14.2 Å². The van der Waals surface area contributed by atoms with Gasteiger partial charge in [0.25, 0.3) is 0 Å². The first-order valence-corrected chi connectivity index (χ1v) is 11.8. The Morgan fingerprint density at radius 1 is 1.06 bits per heavy atom. The molecule has 0 radical (unpaired) electrons. The monoisotopic (exact) mass is 489 g/mol. The van der Waals surface area contributed by atoms with E-state index >= 15 is 0 Å². The van der Waals surface area contributed by atoms with E-state index in [1.165, 1.54) is 31.4 Å². The Kier molecular flexibility index (Phi) is 6.52. The SMILES string of the molecule is COc1cccc(OC)c1-n1c(NS(=O)(=O)CCc2ccc(Cl)cc2)nnc1-c1cnco1. The van der Waals surface area contributed by atoms with E-state index in [0.717, 1.165) is 5.56 Å². The average Bonchev–Trinajstić information content (AvgIpc) is 3.48. The van der Waals surface area contributed by atoms with Crippen molar-refractivity contribution >= 4 is 27.6 Å². The molecule has 10 nitrogen and oxygen atoms in total. The second kappa shape index (κ2) is 9.51. The molecule has 0 bridgehead atoms. The molecule has 0 saturated heterocycles. The van der Waals surface area contributed by atoms with E-state index in [4.69, 9.17) is 25.5 Å². The van der Waals surface area contributed by atoms with Crippen LogP contribution in [0, 0.1) is 0 Å². The minimum atomic E-state index is -3.80. The molecule has 0 fully saturated rings. The zero-order valence-electron chi connectivity index (χ0n) is 17.7. The van der Waals surface area contributed by atoms with Crippen LogP contribution in [0.2, 0.25) is 5.02 Å². The maximum Gasteiger partial charge on any atom is 0.243 e. The number of aryl methyl sites for hydroxylation is 1. The summed E-state index contributed by atoms with van der Waals surface area (Å²) >= 11 is 5.90. The summed E-state index contributed by atoms with van der Waals surface area (Å²) in [6.07, 6.45) is 2.97. The summed E-state index contributed by atoms with van der Waals surface area (Å²) in [4.78, 5) is 3.91. The van der Waals surface area contributed by atoms with Crippen LogP contribution in [0.4, 0.5) is 5.95 Å². The maximum absolute atomic E-state index is 12.9. The van der Waals surface area contributed by atoms with Crippen molar-refractivity contribution in [2.75, 3.05) is 24.7 Å². The third-order valence-corrected chi connectivity index (χ3v) is 6.25. The molecule has 0 spiro atoms. The normalized spacial score (nSPS) is 11.4. The Hall–Kier alpha value is -3.57. The van der Waals surface area contributed by atoms with Crippen molar-refractivity contribution in [3.63, 3.8) is 0 Å². The lowest BCUT2D eigenvalue weighted by Gasteiger charge is -2.17. The molecule has 33 heavy (non-hydrogen) atoms. The van der Waals surface area contributed by atoms with Crippen LogP contribution in [-0.2, 0) is 16.4 Å². The number of rotatable bonds is 9. The first-order valence-electron chi connectivity index (χ1n) is 9.72. The lowest BCUT2D eigenvalue weighted by atomic mass is 10.2. The Morgan fingerprint density at radius 3 is 2.36 bits per heavy atom. The van der Waals surface area contributed by atoms with Gasteiger partial charge in [0.2, 0.25) is 21.8 Å². The molecule has 0 aliphatic rings. The van der Waals surface area contributed by atoms with Gasteiger partial charge in [-0.25, -0.2) is 13.4 Å².